The van der Waals surface area contributed by atoms with E-state index in [-0.39, 0.29) is 13.2 Å². The van der Waals surface area contributed by atoms with Gasteiger partial charge in [-0.1, -0.05) is 49.2 Å². The molecule has 2 aromatic rings. The summed E-state index contributed by atoms with van der Waals surface area (Å²) in [5, 5.41) is 9.08. The van der Waals surface area contributed by atoms with Crippen LogP contribution in [0.1, 0.15) is 48.8 Å². The number of aliphatic hydroxyl groups excluding tert-OH is 1. The fourth-order valence-corrected chi connectivity index (χ4v) is 5.85. The highest BCUT2D eigenvalue weighted by molar-refractivity contribution is 5.65. The zero-order chi connectivity index (χ0) is 24.5. The van der Waals surface area contributed by atoms with Gasteiger partial charge in [0.05, 0.1) is 24.9 Å². The second-order valence-electron chi connectivity index (χ2n) is 10.5. The first-order valence-electron chi connectivity index (χ1n) is 12.8. The molecule has 3 aliphatic rings. The summed E-state index contributed by atoms with van der Waals surface area (Å²) in [4.78, 5) is 4.19. The lowest BCUT2D eigenvalue weighted by Crippen LogP contribution is -2.46. The van der Waals surface area contributed by atoms with E-state index in [9.17, 15) is 13.2 Å². The summed E-state index contributed by atoms with van der Waals surface area (Å²) in [6.07, 6.45) is 2.35. The Hall–Kier alpha value is -1.93. The predicted octanol–water partition coefficient (Wildman–Crippen LogP) is 5.33. The van der Waals surface area contributed by atoms with Crippen LogP contribution < -0.4 is 0 Å². The van der Waals surface area contributed by atoms with Gasteiger partial charge in [0.1, 0.15) is 0 Å². The Bertz CT molecular complexity index is 994. The summed E-state index contributed by atoms with van der Waals surface area (Å²) in [6.45, 7) is 4.48. The molecule has 0 bridgehead atoms. The monoisotopic (exact) mass is 488 g/mol. The summed E-state index contributed by atoms with van der Waals surface area (Å²) in [7, 11) is 0. The minimum atomic E-state index is -4.40. The van der Waals surface area contributed by atoms with E-state index in [0.717, 1.165) is 24.2 Å². The molecule has 1 unspecified atom stereocenters. The smallest absolute Gasteiger partial charge is 0.395 e. The summed E-state index contributed by atoms with van der Waals surface area (Å²) in [6, 6.07) is 12.4. The van der Waals surface area contributed by atoms with Gasteiger partial charge in [-0.15, -0.1) is 0 Å². The Morgan fingerprint density at radius 3 is 2.23 bits per heavy atom. The van der Waals surface area contributed by atoms with Crippen LogP contribution in [0.4, 0.5) is 13.2 Å². The Labute approximate surface area is 205 Å². The quantitative estimate of drug-likeness (QED) is 0.545. The summed E-state index contributed by atoms with van der Waals surface area (Å²) < 4.78 is 48.0. The molecule has 3 fully saturated rings. The first-order chi connectivity index (χ1) is 16.9. The van der Waals surface area contributed by atoms with Gasteiger partial charge >= 0.3 is 6.18 Å². The van der Waals surface area contributed by atoms with Crippen molar-refractivity contribution in [2.75, 3.05) is 39.3 Å². The molecule has 0 amide bonds. The molecule has 7 heteroatoms. The zero-order valence-electron chi connectivity index (χ0n) is 20.2. The van der Waals surface area contributed by atoms with Gasteiger partial charge in [0.25, 0.3) is 0 Å². The van der Waals surface area contributed by atoms with Crippen molar-refractivity contribution in [3.05, 3.63) is 59.2 Å². The number of nitrogens with zero attached hydrogens (tertiary/aromatic N) is 2. The SMILES string of the molecule is OCCN1CCN(Cc2ccc(-c3ccc(COC4CC45CCCC5)cc3)cc2C(F)(F)F)CC1. The van der Waals surface area contributed by atoms with Crippen LogP contribution in [0.25, 0.3) is 11.1 Å². The number of alkyl halides is 3. The maximum atomic E-state index is 14.0. The molecule has 5 rings (SSSR count). The molecule has 1 aliphatic heterocycles. The van der Waals surface area contributed by atoms with E-state index in [1.807, 2.05) is 24.3 Å². The first kappa shape index (κ1) is 24.8. The van der Waals surface area contributed by atoms with Gasteiger partial charge in [-0.05, 0) is 53.0 Å². The van der Waals surface area contributed by atoms with Gasteiger partial charge in [-0.2, -0.15) is 13.2 Å². The number of hydrogen-bond acceptors (Lipinski definition) is 4. The lowest BCUT2D eigenvalue weighted by atomic mass is 9.97. The Kier molecular flexibility index (Phi) is 7.22. The average molecular weight is 489 g/mol. The Balaban J connectivity index is 1.23. The standard InChI is InChI=1S/C28H35F3N2O2/c29-28(30,31)25-17-23(7-8-24(25)19-33-13-11-32(12-14-33)15-16-34)22-5-3-21(4-6-22)20-35-26-18-27(26)9-1-2-10-27/h3-8,17,26,34H,1-2,9-16,18-20H2. The van der Waals surface area contributed by atoms with E-state index in [4.69, 9.17) is 9.84 Å². The number of halogens is 3. The number of hydrogen-bond donors (Lipinski definition) is 1. The number of β-amino-alcohol motifs (C(OH)–C–C–N with tert-alkyl or cyclic N) is 1. The summed E-state index contributed by atoms with van der Waals surface area (Å²) >= 11 is 0. The third-order valence-electron chi connectivity index (χ3n) is 8.14. The number of ether oxygens (including phenoxy) is 1. The molecular formula is C28H35F3N2O2. The topological polar surface area (TPSA) is 35.9 Å². The van der Waals surface area contributed by atoms with Crippen molar-refractivity contribution in [2.24, 2.45) is 5.41 Å². The van der Waals surface area contributed by atoms with Crippen LogP contribution in [-0.4, -0.2) is 60.3 Å². The molecule has 35 heavy (non-hydrogen) atoms. The maximum Gasteiger partial charge on any atom is 0.416 e. The van der Waals surface area contributed by atoms with E-state index < -0.39 is 11.7 Å². The molecule has 2 aromatic carbocycles. The van der Waals surface area contributed by atoms with Crippen molar-refractivity contribution >= 4 is 0 Å². The summed E-state index contributed by atoms with van der Waals surface area (Å²) in [5.74, 6) is 0. The highest BCUT2D eigenvalue weighted by Crippen LogP contribution is 2.59. The Morgan fingerprint density at radius 2 is 1.57 bits per heavy atom. The minimum Gasteiger partial charge on any atom is -0.395 e. The molecule has 2 aliphatic carbocycles. The van der Waals surface area contributed by atoms with Crippen molar-refractivity contribution in [2.45, 2.75) is 57.5 Å². The van der Waals surface area contributed by atoms with Crippen LogP contribution >= 0.6 is 0 Å². The van der Waals surface area contributed by atoms with Gasteiger partial charge in [0, 0.05) is 39.3 Å². The van der Waals surface area contributed by atoms with Gasteiger partial charge < -0.3 is 9.84 Å². The van der Waals surface area contributed by atoms with Crippen molar-refractivity contribution in [3.8, 4) is 11.1 Å². The van der Waals surface area contributed by atoms with Gasteiger partial charge in [-0.25, -0.2) is 0 Å². The third-order valence-corrected chi connectivity index (χ3v) is 8.14. The van der Waals surface area contributed by atoms with Crippen LogP contribution in [0.15, 0.2) is 42.5 Å². The molecule has 1 spiro atoms. The number of piperazine rings is 1. The highest BCUT2D eigenvalue weighted by Gasteiger charge is 2.56. The van der Waals surface area contributed by atoms with Gasteiger partial charge in [-0.3, -0.25) is 9.80 Å². The largest absolute Gasteiger partial charge is 0.416 e. The van der Waals surface area contributed by atoms with Crippen molar-refractivity contribution < 1.29 is 23.0 Å². The lowest BCUT2D eigenvalue weighted by Gasteiger charge is -2.34. The number of benzene rings is 2. The number of rotatable bonds is 8. The molecule has 1 saturated heterocycles. The molecule has 1 atom stereocenters. The zero-order valence-corrected chi connectivity index (χ0v) is 20.2. The van der Waals surface area contributed by atoms with Crippen LogP contribution in [0.3, 0.4) is 0 Å². The molecular weight excluding hydrogens is 453 g/mol. The normalized spacial score (nSPS) is 22.7. The second-order valence-corrected chi connectivity index (χ2v) is 10.5. The van der Waals surface area contributed by atoms with Crippen LogP contribution in [0, 0.1) is 5.41 Å². The maximum absolute atomic E-state index is 14.0. The predicted molar refractivity (Wildman–Crippen MR) is 130 cm³/mol. The lowest BCUT2D eigenvalue weighted by molar-refractivity contribution is -0.138. The van der Waals surface area contributed by atoms with E-state index in [2.05, 4.69) is 9.80 Å². The first-order valence-corrected chi connectivity index (χ1v) is 12.8. The van der Waals surface area contributed by atoms with Crippen LogP contribution in [0.5, 0.6) is 0 Å². The molecule has 2 saturated carbocycles. The third kappa shape index (κ3) is 5.74. The highest BCUT2D eigenvalue weighted by atomic mass is 19.4. The molecule has 4 nitrogen and oxygen atoms in total. The van der Waals surface area contributed by atoms with Crippen LogP contribution in [-0.2, 0) is 24.1 Å². The van der Waals surface area contributed by atoms with Crippen LogP contribution in [0.2, 0.25) is 0 Å². The van der Waals surface area contributed by atoms with E-state index in [1.54, 1.807) is 12.1 Å². The molecule has 1 N–H and O–H groups in total. The Morgan fingerprint density at radius 1 is 0.914 bits per heavy atom. The second kappa shape index (κ2) is 10.2. The average Bonchev–Trinajstić information content (AvgIpc) is 3.30. The molecule has 190 valence electrons. The van der Waals surface area contributed by atoms with Crippen molar-refractivity contribution in [1.82, 2.24) is 9.80 Å². The van der Waals surface area contributed by atoms with Crippen molar-refractivity contribution in [1.29, 1.82) is 0 Å². The summed E-state index contributed by atoms with van der Waals surface area (Å²) in [5.41, 5.74) is 2.61. The van der Waals surface area contributed by atoms with E-state index in [0.29, 0.717) is 48.9 Å². The molecule has 0 aromatic heterocycles. The fraction of sp³-hybridized carbons (Fsp3) is 0.571. The van der Waals surface area contributed by atoms with Gasteiger partial charge in [0.15, 0.2) is 0 Å². The van der Waals surface area contributed by atoms with Crippen molar-refractivity contribution in [3.63, 3.8) is 0 Å². The fourth-order valence-electron chi connectivity index (χ4n) is 5.85. The number of aliphatic hydroxyl groups is 1. The van der Waals surface area contributed by atoms with E-state index >= 15 is 0 Å². The molecule has 0 radical (unpaired) electrons. The minimum absolute atomic E-state index is 0.106. The van der Waals surface area contributed by atoms with E-state index in [1.165, 1.54) is 38.2 Å². The van der Waals surface area contributed by atoms with Gasteiger partial charge in [0.2, 0.25) is 0 Å². The molecule has 1 heterocycles.